The van der Waals surface area contributed by atoms with Gasteiger partial charge in [-0.15, -0.1) is 0 Å². The van der Waals surface area contributed by atoms with Crippen LogP contribution in [0.1, 0.15) is 23.1 Å². The molecule has 1 unspecified atom stereocenters. The molecule has 1 saturated heterocycles. The second-order valence-corrected chi connectivity index (χ2v) is 5.54. The smallest absolute Gasteiger partial charge is 0.220 e. The monoisotopic (exact) mass is 276 g/mol. The topological polar surface area (TPSA) is 50.4 Å². The van der Waals surface area contributed by atoms with Crippen molar-refractivity contribution < 1.29 is 9.53 Å². The van der Waals surface area contributed by atoms with Gasteiger partial charge in [0.25, 0.3) is 0 Å². The molecule has 2 rings (SSSR count). The fourth-order valence-corrected chi connectivity index (χ4v) is 2.70. The number of ether oxygens (including phenoxy) is 1. The van der Waals surface area contributed by atoms with Crippen molar-refractivity contribution in [2.45, 2.75) is 38.8 Å². The van der Waals surface area contributed by atoms with Crippen molar-refractivity contribution in [2.75, 3.05) is 20.2 Å². The Hall–Kier alpha value is -1.39. The summed E-state index contributed by atoms with van der Waals surface area (Å²) in [6.07, 6.45) is 1.40. The SMILES string of the molecule is CO[C@H]1CNCC1NC(=O)CCc1ccc(C)cc1C. The van der Waals surface area contributed by atoms with Gasteiger partial charge in [0, 0.05) is 26.6 Å². The number of rotatable bonds is 5. The molecule has 1 fully saturated rings. The third kappa shape index (κ3) is 3.81. The molecular formula is C16H24N2O2. The Balaban J connectivity index is 1.83. The minimum atomic E-state index is 0.0834. The quantitative estimate of drug-likeness (QED) is 0.853. The Morgan fingerprint density at radius 3 is 2.90 bits per heavy atom. The zero-order valence-electron chi connectivity index (χ0n) is 12.5. The molecule has 1 aliphatic rings. The van der Waals surface area contributed by atoms with Gasteiger partial charge in [-0.3, -0.25) is 4.79 Å². The van der Waals surface area contributed by atoms with Gasteiger partial charge in [0.05, 0.1) is 12.1 Å². The van der Waals surface area contributed by atoms with Crippen LogP contribution in [0.2, 0.25) is 0 Å². The van der Waals surface area contributed by atoms with Gasteiger partial charge in [-0.1, -0.05) is 23.8 Å². The molecule has 1 amide bonds. The van der Waals surface area contributed by atoms with Crippen LogP contribution in [-0.4, -0.2) is 38.3 Å². The Bertz CT molecular complexity index is 474. The first-order valence-corrected chi connectivity index (χ1v) is 7.19. The number of amides is 1. The highest BCUT2D eigenvalue weighted by Gasteiger charge is 2.27. The van der Waals surface area contributed by atoms with E-state index in [1.54, 1.807) is 7.11 Å². The minimum absolute atomic E-state index is 0.0834. The van der Waals surface area contributed by atoms with E-state index < -0.39 is 0 Å². The van der Waals surface area contributed by atoms with Gasteiger partial charge < -0.3 is 15.4 Å². The van der Waals surface area contributed by atoms with Crippen LogP contribution in [0, 0.1) is 13.8 Å². The lowest BCUT2D eigenvalue weighted by atomic mass is 10.0. The molecule has 4 nitrogen and oxygen atoms in total. The molecule has 2 atom stereocenters. The molecule has 1 aliphatic heterocycles. The fourth-order valence-electron chi connectivity index (χ4n) is 2.70. The van der Waals surface area contributed by atoms with E-state index in [1.165, 1.54) is 16.7 Å². The lowest BCUT2D eigenvalue weighted by Crippen LogP contribution is -2.43. The normalized spacial score (nSPS) is 21.9. The van der Waals surface area contributed by atoms with Crippen molar-refractivity contribution in [1.82, 2.24) is 10.6 Å². The van der Waals surface area contributed by atoms with Crippen LogP contribution >= 0.6 is 0 Å². The summed E-state index contributed by atoms with van der Waals surface area (Å²) in [4.78, 5) is 12.0. The van der Waals surface area contributed by atoms with Gasteiger partial charge in [0.2, 0.25) is 5.91 Å². The van der Waals surface area contributed by atoms with Gasteiger partial charge in [0.1, 0.15) is 0 Å². The number of hydrogen-bond donors (Lipinski definition) is 2. The Labute approximate surface area is 120 Å². The van der Waals surface area contributed by atoms with Crippen molar-refractivity contribution in [2.24, 2.45) is 0 Å². The average Bonchev–Trinajstić information content (AvgIpc) is 2.85. The highest BCUT2D eigenvalue weighted by Crippen LogP contribution is 2.13. The van der Waals surface area contributed by atoms with Crippen molar-refractivity contribution in [3.8, 4) is 0 Å². The number of nitrogens with one attached hydrogen (secondary N) is 2. The predicted molar refractivity (Wildman–Crippen MR) is 79.8 cm³/mol. The number of carbonyl (C=O) groups is 1. The number of benzene rings is 1. The van der Waals surface area contributed by atoms with Crippen molar-refractivity contribution >= 4 is 5.91 Å². The van der Waals surface area contributed by atoms with Crippen LogP contribution in [0.3, 0.4) is 0 Å². The highest BCUT2D eigenvalue weighted by molar-refractivity contribution is 5.76. The van der Waals surface area contributed by atoms with E-state index >= 15 is 0 Å². The summed E-state index contributed by atoms with van der Waals surface area (Å²) in [5.74, 6) is 0.0979. The van der Waals surface area contributed by atoms with E-state index in [9.17, 15) is 4.79 Å². The molecule has 2 N–H and O–H groups in total. The molecular weight excluding hydrogens is 252 g/mol. The molecule has 0 aliphatic carbocycles. The number of methoxy groups -OCH3 is 1. The highest BCUT2D eigenvalue weighted by atomic mass is 16.5. The van der Waals surface area contributed by atoms with E-state index in [1.807, 2.05) is 0 Å². The molecule has 0 bridgehead atoms. The van der Waals surface area contributed by atoms with Gasteiger partial charge in [-0.25, -0.2) is 0 Å². The zero-order chi connectivity index (χ0) is 14.5. The van der Waals surface area contributed by atoms with E-state index in [0.717, 1.165) is 19.5 Å². The lowest BCUT2D eigenvalue weighted by molar-refractivity contribution is -0.122. The molecule has 0 saturated carbocycles. The Kier molecular flexibility index (Phi) is 5.15. The molecule has 1 aromatic rings. The second kappa shape index (κ2) is 6.86. The first kappa shape index (κ1) is 15.0. The number of aryl methyl sites for hydroxylation is 3. The van der Waals surface area contributed by atoms with Gasteiger partial charge >= 0.3 is 0 Å². The second-order valence-electron chi connectivity index (χ2n) is 5.54. The fraction of sp³-hybridized carbons (Fsp3) is 0.562. The summed E-state index contributed by atoms with van der Waals surface area (Å²) in [5.41, 5.74) is 3.77. The first-order valence-electron chi connectivity index (χ1n) is 7.19. The van der Waals surface area contributed by atoms with E-state index in [2.05, 4.69) is 42.7 Å². The minimum Gasteiger partial charge on any atom is -0.378 e. The summed E-state index contributed by atoms with van der Waals surface area (Å²) in [6.45, 7) is 5.77. The van der Waals surface area contributed by atoms with Crippen LogP contribution in [0.25, 0.3) is 0 Å². The molecule has 1 heterocycles. The maximum atomic E-state index is 12.0. The average molecular weight is 276 g/mol. The van der Waals surface area contributed by atoms with Crippen LogP contribution < -0.4 is 10.6 Å². The van der Waals surface area contributed by atoms with Crippen LogP contribution in [-0.2, 0) is 16.0 Å². The summed E-state index contributed by atoms with van der Waals surface area (Å²) >= 11 is 0. The van der Waals surface area contributed by atoms with E-state index in [0.29, 0.717) is 6.42 Å². The Morgan fingerprint density at radius 1 is 1.40 bits per heavy atom. The first-order chi connectivity index (χ1) is 9.60. The van der Waals surface area contributed by atoms with Crippen LogP contribution in [0.15, 0.2) is 18.2 Å². The molecule has 20 heavy (non-hydrogen) atoms. The third-order valence-electron chi connectivity index (χ3n) is 3.93. The van der Waals surface area contributed by atoms with Crippen molar-refractivity contribution in [3.05, 3.63) is 34.9 Å². The summed E-state index contributed by atoms with van der Waals surface area (Å²) in [7, 11) is 1.69. The molecule has 0 radical (unpaired) electrons. The van der Waals surface area contributed by atoms with E-state index in [4.69, 9.17) is 4.74 Å². The van der Waals surface area contributed by atoms with Gasteiger partial charge in [-0.2, -0.15) is 0 Å². The zero-order valence-corrected chi connectivity index (χ0v) is 12.5. The maximum Gasteiger partial charge on any atom is 0.220 e. The lowest BCUT2D eigenvalue weighted by Gasteiger charge is -2.18. The van der Waals surface area contributed by atoms with Crippen molar-refractivity contribution in [3.63, 3.8) is 0 Å². The van der Waals surface area contributed by atoms with Crippen LogP contribution in [0.4, 0.5) is 0 Å². The van der Waals surface area contributed by atoms with Gasteiger partial charge in [0.15, 0.2) is 0 Å². The molecule has 4 heteroatoms. The molecule has 0 spiro atoms. The molecule has 0 aromatic heterocycles. The summed E-state index contributed by atoms with van der Waals surface area (Å²) in [5, 5.41) is 6.28. The predicted octanol–water partition coefficient (Wildman–Crippen LogP) is 1.34. The largest absolute Gasteiger partial charge is 0.378 e. The van der Waals surface area contributed by atoms with E-state index in [-0.39, 0.29) is 18.1 Å². The van der Waals surface area contributed by atoms with Crippen LogP contribution in [0.5, 0.6) is 0 Å². The van der Waals surface area contributed by atoms with Gasteiger partial charge in [-0.05, 0) is 31.4 Å². The molecule has 1 aromatic carbocycles. The summed E-state index contributed by atoms with van der Waals surface area (Å²) in [6, 6.07) is 6.47. The third-order valence-corrected chi connectivity index (χ3v) is 3.93. The molecule has 110 valence electrons. The Morgan fingerprint density at radius 2 is 2.20 bits per heavy atom. The maximum absolute atomic E-state index is 12.0. The van der Waals surface area contributed by atoms with Crippen molar-refractivity contribution in [1.29, 1.82) is 0 Å². The standard InChI is InChI=1S/C16H24N2O2/c1-11-4-5-13(12(2)8-11)6-7-16(19)18-14-9-17-10-15(14)20-3/h4-5,8,14-15,17H,6-7,9-10H2,1-3H3,(H,18,19)/t14?,15-/m0/s1. The number of hydrogen-bond acceptors (Lipinski definition) is 3. The number of carbonyl (C=O) groups excluding carboxylic acids is 1. The summed E-state index contributed by atoms with van der Waals surface area (Å²) < 4.78 is 5.34.